The van der Waals surface area contributed by atoms with E-state index >= 15 is 0 Å². The third-order valence-electron chi connectivity index (χ3n) is 9.65. The van der Waals surface area contributed by atoms with Crippen molar-refractivity contribution in [1.29, 1.82) is 0 Å². The van der Waals surface area contributed by atoms with Crippen molar-refractivity contribution in [2.75, 3.05) is 41.9 Å². The molecule has 0 aromatic heterocycles. The Kier molecular flexibility index (Phi) is 7.05. The van der Waals surface area contributed by atoms with E-state index in [4.69, 9.17) is 18.9 Å². The molecule has 4 aromatic rings. The zero-order chi connectivity index (χ0) is 31.5. The molecule has 0 amide bonds. The maximum absolute atomic E-state index is 11.5. The molecule has 6 bridgehead atoms. The SMILES string of the molecule is COc1cc2c3cc1Oc1cc(ccc1O)C[C@@H]1c4c(cc(OC)c(O)c4Oc4ccc(cc4)C[C@@H]3N(C)C=C2)CC[N+]1(C)C. The second kappa shape index (κ2) is 11.0. The molecule has 2 N–H and O–H groups in total. The highest BCUT2D eigenvalue weighted by atomic mass is 16.5. The number of aromatic hydroxyl groups is 2. The summed E-state index contributed by atoms with van der Waals surface area (Å²) in [6.45, 7) is 0.900. The first kappa shape index (κ1) is 28.9. The smallest absolute Gasteiger partial charge is 0.201 e. The maximum Gasteiger partial charge on any atom is 0.201 e. The van der Waals surface area contributed by atoms with Crippen LogP contribution >= 0.6 is 0 Å². The zero-order valence-corrected chi connectivity index (χ0v) is 26.3. The van der Waals surface area contributed by atoms with E-state index in [9.17, 15) is 10.2 Å². The van der Waals surface area contributed by atoms with Crippen LogP contribution in [-0.4, -0.2) is 61.5 Å². The molecule has 45 heavy (non-hydrogen) atoms. The van der Waals surface area contributed by atoms with Gasteiger partial charge >= 0.3 is 0 Å². The molecule has 4 aromatic carbocycles. The summed E-state index contributed by atoms with van der Waals surface area (Å²) >= 11 is 0. The number of benzene rings is 4. The molecule has 0 radical (unpaired) electrons. The lowest BCUT2D eigenvalue weighted by Crippen LogP contribution is -2.48. The molecule has 232 valence electrons. The number of rotatable bonds is 2. The van der Waals surface area contributed by atoms with Crippen LogP contribution in [0.3, 0.4) is 0 Å². The summed E-state index contributed by atoms with van der Waals surface area (Å²) in [4.78, 5) is 2.19. The lowest BCUT2D eigenvalue weighted by molar-refractivity contribution is -0.923. The predicted molar refractivity (Wildman–Crippen MR) is 173 cm³/mol. The highest BCUT2D eigenvalue weighted by molar-refractivity contribution is 5.64. The number of phenols is 2. The number of nitrogens with zero attached hydrogens (tertiary/aromatic N) is 2. The van der Waals surface area contributed by atoms with E-state index in [0.717, 1.165) is 52.8 Å². The van der Waals surface area contributed by atoms with Crippen LogP contribution in [0.1, 0.15) is 45.5 Å². The van der Waals surface area contributed by atoms with E-state index in [-0.39, 0.29) is 23.6 Å². The van der Waals surface area contributed by atoms with Gasteiger partial charge in [-0.3, -0.25) is 0 Å². The van der Waals surface area contributed by atoms with Gasteiger partial charge in [-0.05, 0) is 89.0 Å². The first-order valence-electron chi connectivity index (χ1n) is 15.3. The van der Waals surface area contributed by atoms with Crippen LogP contribution in [0.25, 0.3) is 6.08 Å². The van der Waals surface area contributed by atoms with Crippen molar-refractivity contribution in [3.63, 3.8) is 0 Å². The number of hydrogen-bond donors (Lipinski definition) is 2. The molecule has 4 aliphatic rings. The fourth-order valence-corrected chi connectivity index (χ4v) is 6.97. The summed E-state index contributed by atoms with van der Waals surface area (Å²) in [5.74, 6) is 2.99. The minimum absolute atomic E-state index is 0.00918. The van der Waals surface area contributed by atoms with Gasteiger partial charge in [0.25, 0.3) is 0 Å². The molecule has 0 aliphatic carbocycles. The van der Waals surface area contributed by atoms with Crippen LogP contribution in [-0.2, 0) is 19.3 Å². The number of hydrogen-bond acceptors (Lipinski definition) is 7. The minimum Gasteiger partial charge on any atom is -0.504 e. The first-order valence-corrected chi connectivity index (χ1v) is 15.3. The summed E-state index contributed by atoms with van der Waals surface area (Å²) in [5.41, 5.74) is 6.34. The molecule has 2 atom stereocenters. The molecule has 0 fully saturated rings. The Morgan fingerprint density at radius 1 is 0.844 bits per heavy atom. The summed E-state index contributed by atoms with van der Waals surface area (Å²) in [5, 5.41) is 22.4. The van der Waals surface area contributed by atoms with Gasteiger partial charge in [-0.15, -0.1) is 0 Å². The number of ether oxygens (including phenoxy) is 4. The molecule has 4 aliphatic heterocycles. The van der Waals surface area contributed by atoms with Crippen molar-refractivity contribution >= 4 is 6.08 Å². The van der Waals surface area contributed by atoms with Crippen LogP contribution in [0.4, 0.5) is 0 Å². The summed E-state index contributed by atoms with van der Waals surface area (Å²) in [7, 11) is 9.67. The molecule has 0 saturated carbocycles. The van der Waals surface area contributed by atoms with Crippen molar-refractivity contribution in [2.45, 2.75) is 31.3 Å². The molecule has 8 rings (SSSR count). The molecule has 8 nitrogen and oxygen atoms in total. The van der Waals surface area contributed by atoms with Crippen LogP contribution in [0, 0.1) is 0 Å². The number of fused-ring (bicyclic) bond motifs is 2. The molecular formula is C37H39N2O6+. The largest absolute Gasteiger partial charge is 0.504 e. The van der Waals surface area contributed by atoms with Gasteiger partial charge in [0.2, 0.25) is 5.75 Å². The second-order valence-corrected chi connectivity index (χ2v) is 12.8. The monoisotopic (exact) mass is 607 g/mol. The molecule has 8 heteroatoms. The van der Waals surface area contributed by atoms with Crippen molar-refractivity contribution in [1.82, 2.24) is 4.90 Å². The van der Waals surface area contributed by atoms with E-state index in [1.165, 1.54) is 0 Å². The lowest BCUT2D eigenvalue weighted by Gasteiger charge is -2.43. The average Bonchev–Trinajstić information content (AvgIpc) is 3.03. The van der Waals surface area contributed by atoms with Gasteiger partial charge in [0, 0.05) is 19.9 Å². The Morgan fingerprint density at radius 3 is 2.36 bits per heavy atom. The van der Waals surface area contributed by atoms with Gasteiger partial charge in [0.05, 0.1) is 46.5 Å². The standard InChI is InChI=1S/C37H38N2O6/c1-38-14-12-24-19-32(42-4)33-21-27(24)28(38)16-22-6-9-26(10-7-22)44-37-35-25(20-34(43-5)36(37)41)13-15-39(2,3)29(35)17-23-8-11-30(40)31(18-23)45-33/h6-12,14,18-21,28-29H,13,15-17H2,1-5H3,(H-,40,41)/p+1/t28-,29+/m0/s1. The average molecular weight is 608 g/mol. The lowest BCUT2D eigenvalue weighted by atomic mass is 9.86. The van der Waals surface area contributed by atoms with Crippen LogP contribution in [0.2, 0.25) is 0 Å². The minimum atomic E-state index is -0.0579. The van der Waals surface area contributed by atoms with Crippen molar-refractivity contribution in [3.8, 4) is 46.0 Å². The van der Waals surface area contributed by atoms with Crippen LogP contribution < -0.4 is 18.9 Å². The Bertz CT molecular complexity index is 1810. The fourth-order valence-electron chi connectivity index (χ4n) is 6.97. The quantitative estimate of drug-likeness (QED) is 0.235. The Morgan fingerprint density at radius 2 is 1.60 bits per heavy atom. The maximum atomic E-state index is 11.5. The topological polar surface area (TPSA) is 80.6 Å². The molecule has 0 unspecified atom stereocenters. The molecule has 0 saturated heterocycles. The van der Waals surface area contributed by atoms with Crippen LogP contribution in [0.15, 0.2) is 66.9 Å². The highest BCUT2D eigenvalue weighted by Crippen LogP contribution is 2.51. The number of phenolic OH excluding ortho intramolecular Hbond substituents is 2. The van der Waals surface area contributed by atoms with Crippen molar-refractivity contribution in [2.24, 2.45) is 0 Å². The summed E-state index contributed by atoms with van der Waals surface area (Å²) in [6, 6.07) is 19.6. The predicted octanol–water partition coefficient (Wildman–Crippen LogP) is 7.13. The second-order valence-electron chi connectivity index (χ2n) is 12.8. The van der Waals surface area contributed by atoms with E-state index in [1.807, 2.05) is 42.5 Å². The Hall–Kier alpha value is -4.82. The van der Waals surface area contributed by atoms with Crippen LogP contribution in [0.5, 0.6) is 46.0 Å². The van der Waals surface area contributed by atoms with Gasteiger partial charge in [-0.2, -0.15) is 0 Å². The fraction of sp³-hybridized carbons (Fsp3) is 0.297. The van der Waals surface area contributed by atoms with Gasteiger partial charge in [-0.1, -0.05) is 18.2 Å². The molecule has 4 heterocycles. The Labute approximate surface area is 263 Å². The number of methoxy groups -OCH3 is 2. The van der Waals surface area contributed by atoms with Gasteiger partial charge in [-0.25, -0.2) is 0 Å². The van der Waals surface area contributed by atoms with E-state index < -0.39 is 0 Å². The molecular weight excluding hydrogens is 568 g/mol. The summed E-state index contributed by atoms with van der Waals surface area (Å²) in [6.07, 6.45) is 6.34. The van der Waals surface area contributed by atoms with E-state index in [0.29, 0.717) is 45.4 Å². The van der Waals surface area contributed by atoms with E-state index in [1.54, 1.807) is 20.3 Å². The van der Waals surface area contributed by atoms with Crippen molar-refractivity contribution < 1.29 is 33.6 Å². The third kappa shape index (κ3) is 5.09. The summed E-state index contributed by atoms with van der Waals surface area (Å²) < 4.78 is 25.1. The van der Waals surface area contributed by atoms with Crippen molar-refractivity contribution in [3.05, 3.63) is 100 Å². The number of quaternary nitrogens is 1. The highest BCUT2D eigenvalue weighted by Gasteiger charge is 2.40. The normalized spacial score (nSPS) is 19.4. The van der Waals surface area contributed by atoms with E-state index in [2.05, 4.69) is 50.5 Å². The van der Waals surface area contributed by atoms with Gasteiger partial charge in [0.1, 0.15) is 11.8 Å². The van der Waals surface area contributed by atoms with Gasteiger partial charge < -0.3 is 38.5 Å². The number of likely N-dealkylation sites (N-methyl/N-ethyl adjacent to an activating group) is 2. The zero-order valence-electron chi connectivity index (χ0n) is 26.3. The third-order valence-corrected chi connectivity index (χ3v) is 9.65. The first-order chi connectivity index (χ1) is 21.6. The Balaban J connectivity index is 1.43. The van der Waals surface area contributed by atoms with Gasteiger partial charge in [0.15, 0.2) is 34.5 Å². The molecule has 0 spiro atoms.